The number of rotatable bonds is 5. The Morgan fingerprint density at radius 2 is 1.71 bits per heavy atom. The third-order valence-corrected chi connectivity index (χ3v) is 5.87. The number of halogens is 1. The summed E-state index contributed by atoms with van der Waals surface area (Å²) in [6, 6.07) is 11.9. The van der Waals surface area contributed by atoms with Crippen LogP contribution in [0.5, 0.6) is 0 Å². The molecule has 1 saturated carbocycles. The molecule has 28 heavy (non-hydrogen) atoms. The van der Waals surface area contributed by atoms with Gasteiger partial charge in [0.15, 0.2) is 0 Å². The topological polar surface area (TPSA) is 49.4 Å². The average Bonchev–Trinajstić information content (AvgIpc) is 3.16. The Kier molecular flexibility index (Phi) is 5.82. The number of nitrogens with zero attached hydrogens (tertiary/aromatic N) is 1. The van der Waals surface area contributed by atoms with E-state index in [2.05, 4.69) is 5.32 Å². The van der Waals surface area contributed by atoms with Crippen LogP contribution in [-0.2, 0) is 15.0 Å². The minimum atomic E-state index is -0.665. The van der Waals surface area contributed by atoms with Crippen molar-refractivity contribution in [2.75, 3.05) is 18.9 Å². The van der Waals surface area contributed by atoms with Gasteiger partial charge >= 0.3 is 0 Å². The number of hydrogen-bond acceptors (Lipinski definition) is 2. The molecular weight excluding hydrogens is 355 g/mol. The maximum absolute atomic E-state index is 13.3. The van der Waals surface area contributed by atoms with E-state index in [-0.39, 0.29) is 24.2 Å². The van der Waals surface area contributed by atoms with Crippen molar-refractivity contribution in [2.45, 2.75) is 44.9 Å². The maximum Gasteiger partial charge on any atom is 0.243 e. The van der Waals surface area contributed by atoms with Crippen LogP contribution in [-0.4, -0.2) is 30.3 Å². The summed E-state index contributed by atoms with van der Waals surface area (Å²) < 4.78 is 13.3. The van der Waals surface area contributed by atoms with Gasteiger partial charge in [0.25, 0.3) is 0 Å². The Bertz CT molecular complexity index is 871. The van der Waals surface area contributed by atoms with E-state index in [1.54, 1.807) is 19.2 Å². The van der Waals surface area contributed by atoms with E-state index in [0.29, 0.717) is 0 Å². The Hall–Kier alpha value is -2.69. The van der Waals surface area contributed by atoms with Gasteiger partial charge in [-0.15, -0.1) is 0 Å². The zero-order chi connectivity index (χ0) is 20.3. The van der Waals surface area contributed by atoms with Gasteiger partial charge in [-0.25, -0.2) is 4.39 Å². The molecule has 5 heteroatoms. The average molecular weight is 382 g/mol. The largest absolute Gasteiger partial charge is 0.336 e. The van der Waals surface area contributed by atoms with Gasteiger partial charge in [0.2, 0.25) is 11.8 Å². The van der Waals surface area contributed by atoms with Gasteiger partial charge in [0.1, 0.15) is 5.82 Å². The molecule has 2 aromatic rings. The van der Waals surface area contributed by atoms with Crippen molar-refractivity contribution < 1.29 is 14.0 Å². The molecule has 0 bridgehead atoms. The molecule has 0 aliphatic heterocycles. The van der Waals surface area contributed by atoms with Gasteiger partial charge in [0.05, 0.1) is 12.0 Å². The fourth-order valence-corrected chi connectivity index (χ4v) is 4.10. The smallest absolute Gasteiger partial charge is 0.243 e. The highest BCUT2D eigenvalue weighted by Crippen LogP contribution is 2.42. The molecule has 4 nitrogen and oxygen atoms in total. The number of hydrogen-bond donors (Lipinski definition) is 1. The fourth-order valence-electron chi connectivity index (χ4n) is 4.10. The first-order valence-electron chi connectivity index (χ1n) is 9.71. The summed E-state index contributed by atoms with van der Waals surface area (Å²) in [6.45, 7) is 3.93. The minimum absolute atomic E-state index is 0.0187. The Balaban J connectivity index is 1.74. The predicted octanol–water partition coefficient (Wildman–Crippen LogP) is 4.35. The molecule has 0 radical (unpaired) electrons. The van der Waals surface area contributed by atoms with Crippen LogP contribution < -0.4 is 5.32 Å². The highest BCUT2D eigenvalue weighted by molar-refractivity contribution is 5.97. The summed E-state index contributed by atoms with van der Waals surface area (Å²) in [6.07, 6.45) is 3.35. The monoisotopic (exact) mass is 382 g/mol. The standard InChI is InChI=1S/C23H27FN2O2/c1-16-7-6-8-20(17(16)2)25-21(27)15-26(3)22(28)23(13-4-5-14-23)18-9-11-19(24)12-10-18/h6-12H,4-5,13-15H2,1-3H3,(H,25,27). The van der Waals surface area contributed by atoms with Crippen molar-refractivity contribution in [3.05, 3.63) is 65.0 Å². The first-order chi connectivity index (χ1) is 13.3. The summed E-state index contributed by atoms with van der Waals surface area (Å²) in [4.78, 5) is 27.3. The highest BCUT2D eigenvalue weighted by Gasteiger charge is 2.44. The van der Waals surface area contributed by atoms with Crippen molar-refractivity contribution in [1.82, 2.24) is 4.90 Å². The van der Waals surface area contributed by atoms with E-state index in [0.717, 1.165) is 48.1 Å². The number of amides is 2. The lowest BCUT2D eigenvalue weighted by Crippen LogP contribution is -2.46. The predicted molar refractivity (Wildman–Crippen MR) is 109 cm³/mol. The second-order valence-electron chi connectivity index (χ2n) is 7.75. The van der Waals surface area contributed by atoms with E-state index in [4.69, 9.17) is 0 Å². The number of likely N-dealkylation sites (N-methyl/N-ethyl adjacent to an activating group) is 1. The summed E-state index contributed by atoms with van der Waals surface area (Å²) in [5.41, 5.74) is 3.05. The van der Waals surface area contributed by atoms with Gasteiger partial charge in [-0.3, -0.25) is 9.59 Å². The van der Waals surface area contributed by atoms with Crippen LogP contribution in [0.3, 0.4) is 0 Å². The molecule has 148 valence electrons. The number of nitrogens with one attached hydrogen (secondary N) is 1. The van der Waals surface area contributed by atoms with Crippen LogP contribution in [0.4, 0.5) is 10.1 Å². The number of carbonyl (C=O) groups excluding carboxylic acids is 2. The normalized spacial score (nSPS) is 15.3. The van der Waals surface area contributed by atoms with Gasteiger partial charge in [-0.1, -0.05) is 37.1 Å². The molecule has 0 spiro atoms. The first-order valence-corrected chi connectivity index (χ1v) is 9.71. The third-order valence-electron chi connectivity index (χ3n) is 5.87. The van der Waals surface area contributed by atoms with E-state index >= 15 is 0 Å². The molecule has 0 heterocycles. The molecule has 2 amide bonds. The molecule has 0 unspecified atom stereocenters. The summed E-state index contributed by atoms with van der Waals surface area (Å²) in [5.74, 6) is -0.616. The van der Waals surface area contributed by atoms with Crippen molar-refractivity contribution in [2.24, 2.45) is 0 Å². The maximum atomic E-state index is 13.3. The number of anilines is 1. The van der Waals surface area contributed by atoms with Crippen LogP contribution >= 0.6 is 0 Å². The Labute approximate surface area is 165 Å². The van der Waals surface area contributed by atoms with E-state index in [1.165, 1.54) is 17.0 Å². The third kappa shape index (κ3) is 3.93. The SMILES string of the molecule is Cc1cccc(NC(=O)CN(C)C(=O)C2(c3ccc(F)cc3)CCCC2)c1C. The van der Waals surface area contributed by atoms with Crippen LogP contribution in [0.2, 0.25) is 0 Å². The fraction of sp³-hybridized carbons (Fsp3) is 0.391. The summed E-state index contributed by atoms with van der Waals surface area (Å²) in [7, 11) is 1.66. The molecule has 2 aromatic carbocycles. The van der Waals surface area contributed by atoms with Gasteiger partial charge in [0, 0.05) is 12.7 Å². The van der Waals surface area contributed by atoms with Crippen molar-refractivity contribution in [1.29, 1.82) is 0 Å². The molecule has 1 N–H and O–H groups in total. The van der Waals surface area contributed by atoms with E-state index in [9.17, 15) is 14.0 Å². The van der Waals surface area contributed by atoms with Crippen molar-refractivity contribution in [3.8, 4) is 0 Å². The number of aryl methyl sites for hydroxylation is 1. The zero-order valence-electron chi connectivity index (χ0n) is 16.7. The quantitative estimate of drug-likeness (QED) is 0.836. The Morgan fingerprint density at radius 3 is 2.36 bits per heavy atom. The van der Waals surface area contributed by atoms with Crippen molar-refractivity contribution in [3.63, 3.8) is 0 Å². The lowest BCUT2D eigenvalue weighted by molar-refractivity contribution is -0.138. The van der Waals surface area contributed by atoms with Crippen LogP contribution in [0, 0.1) is 19.7 Å². The van der Waals surface area contributed by atoms with Crippen LogP contribution in [0.25, 0.3) is 0 Å². The van der Waals surface area contributed by atoms with Gasteiger partial charge in [-0.2, -0.15) is 0 Å². The van der Waals surface area contributed by atoms with E-state index < -0.39 is 5.41 Å². The molecule has 3 rings (SSSR count). The number of benzene rings is 2. The lowest BCUT2D eigenvalue weighted by Gasteiger charge is -2.32. The zero-order valence-corrected chi connectivity index (χ0v) is 16.7. The Morgan fingerprint density at radius 1 is 1.07 bits per heavy atom. The van der Waals surface area contributed by atoms with Gasteiger partial charge < -0.3 is 10.2 Å². The minimum Gasteiger partial charge on any atom is -0.336 e. The second-order valence-corrected chi connectivity index (χ2v) is 7.75. The molecule has 0 atom stereocenters. The van der Waals surface area contributed by atoms with Crippen molar-refractivity contribution >= 4 is 17.5 Å². The number of carbonyl (C=O) groups is 2. The summed E-state index contributed by atoms with van der Waals surface area (Å²) in [5, 5.41) is 2.90. The molecule has 0 aromatic heterocycles. The summed E-state index contributed by atoms with van der Waals surface area (Å²) >= 11 is 0. The second kappa shape index (κ2) is 8.13. The molecule has 1 fully saturated rings. The first kappa shape index (κ1) is 20.1. The van der Waals surface area contributed by atoms with Gasteiger partial charge in [-0.05, 0) is 61.6 Å². The molecule has 1 aliphatic carbocycles. The molecular formula is C23H27FN2O2. The van der Waals surface area contributed by atoms with E-state index in [1.807, 2.05) is 32.0 Å². The van der Waals surface area contributed by atoms with Crippen LogP contribution in [0.15, 0.2) is 42.5 Å². The molecule has 0 saturated heterocycles. The highest BCUT2D eigenvalue weighted by atomic mass is 19.1. The van der Waals surface area contributed by atoms with Crippen LogP contribution in [0.1, 0.15) is 42.4 Å². The lowest BCUT2D eigenvalue weighted by atomic mass is 9.77. The molecule has 1 aliphatic rings.